The normalized spacial score (nSPS) is 25.0. The SMILES string of the molecule is CCNC(=NCC1C2Cc3ccccc3C12)NCC.I. The fourth-order valence-corrected chi connectivity index (χ4v) is 3.44. The van der Waals surface area contributed by atoms with Gasteiger partial charge >= 0.3 is 0 Å². The maximum Gasteiger partial charge on any atom is 0.191 e. The van der Waals surface area contributed by atoms with Crippen molar-refractivity contribution >= 4 is 29.9 Å². The van der Waals surface area contributed by atoms with Crippen molar-refractivity contribution in [3.05, 3.63) is 35.4 Å². The van der Waals surface area contributed by atoms with Gasteiger partial charge in [0, 0.05) is 19.6 Å². The van der Waals surface area contributed by atoms with Gasteiger partial charge in [-0.2, -0.15) is 0 Å². The first-order chi connectivity index (χ1) is 9.35. The van der Waals surface area contributed by atoms with Gasteiger partial charge in [0.05, 0.1) is 0 Å². The van der Waals surface area contributed by atoms with E-state index in [0.717, 1.165) is 43.3 Å². The van der Waals surface area contributed by atoms with Crippen molar-refractivity contribution in [3.8, 4) is 0 Å². The van der Waals surface area contributed by atoms with Gasteiger partial charge in [-0.05, 0) is 49.1 Å². The summed E-state index contributed by atoms with van der Waals surface area (Å²) in [6, 6.07) is 8.91. The quantitative estimate of drug-likeness (QED) is 0.475. The second kappa shape index (κ2) is 6.78. The molecule has 0 aliphatic heterocycles. The molecule has 1 fully saturated rings. The molecule has 4 heteroatoms. The van der Waals surface area contributed by atoms with Crippen molar-refractivity contribution in [3.63, 3.8) is 0 Å². The van der Waals surface area contributed by atoms with Crippen molar-refractivity contribution in [2.45, 2.75) is 26.2 Å². The maximum absolute atomic E-state index is 4.72. The number of nitrogens with zero attached hydrogens (tertiary/aromatic N) is 1. The predicted molar refractivity (Wildman–Crippen MR) is 94.9 cm³/mol. The number of hydrogen-bond donors (Lipinski definition) is 2. The Morgan fingerprint density at radius 1 is 1.20 bits per heavy atom. The van der Waals surface area contributed by atoms with Crippen LogP contribution in [0.15, 0.2) is 29.3 Å². The van der Waals surface area contributed by atoms with E-state index in [2.05, 4.69) is 48.7 Å². The fourth-order valence-electron chi connectivity index (χ4n) is 3.44. The van der Waals surface area contributed by atoms with Crippen LogP contribution >= 0.6 is 24.0 Å². The van der Waals surface area contributed by atoms with Gasteiger partial charge in [0.2, 0.25) is 0 Å². The summed E-state index contributed by atoms with van der Waals surface area (Å²) in [6.07, 6.45) is 1.26. The molecule has 3 atom stereocenters. The molecule has 3 rings (SSSR count). The standard InChI is InChI=1S/C16H23N3.HI/c1-3-17-16(18-4-2)19-10-14-13-9-11-7-5-6-8-12(11)15(13)14;/h5-8,13-15H,3-4,9-10H2,1-2H3,(H2,17,18,19);1H. The lowest BCUT2D eigenvalue weighted by molar-refractivity contribution is 0.693. The molecule has 0 spiro atoms. The zero-order valence-electron chi connectivity index (χ0n) is 12.2. The Labute approximate surface area is 138 Å². The molecular weight excluding hydrogens is 361 g/mol. The van der Waals surface area contributed by atoms with Crippen LogP contribution < -0.4 is 10.6 Å². The summed E-state index contributed by atoms with van der Waals surface area (Å²) in [7, 11) is 0. The van der Waals surface area contributed by atoms with Crippen LogP contribution in [-0.2, 0) is 6.42 Å². The molecule has 0 aromatic heterocycles. The first kappa shape index (κ1) is 15.6. The monoisotopic (exact) mass is 385 g/mol. The minimum absolute atomic E-state index is 0. The highest BCUT2D eigenvalue weighted by Gasteiger charge is 2.54. The van der Waals surface area contributed by atoms with Gasteiger partial charge < -0.3 is 10.6 Å². The van der Waals surface area contributed by atoms with Crippen LogP contribution in [0.5, 0.6) is 0 Å². The number of guanidine groups is 1. The molecule has 0 amide bonds. The van der Waals surface area contributed by atoms with E-state index in [-0.39, 0.29) is 24.0 Å². The van der Waals surface area contributed by atoms with Crippen LogP contribution in [0.2, 0.25) is 0 Å². The molecule has 0 radical (unpaired) electrons. The summed E-state index contributed by atoms with van der Waals surface area (Å²) in [4.78, 5) is 4.72. The minimum Gasteiger partial charge on any atom is -0.357 e. The molecule has 0 saturated heterocycles. The summed E-state index contributed by atoms with van der Waals surface area (Å²) in [5.41, 5.74) is 3.15. The number of rotatable bonds is 4. The Bertz CT molecular complexity index is 478. The van der Waals surface area contributed by atoms with E-state index in [1.54, 1.807) is 11.1 Å². The third kappa shape index (κ3) is 2.95. The largest absolute Gasteiger partial charge is 0.357 e. The van der Waals surface area contributed by atoms with E-state index in [9.17, 15) is 0 Å². The first-order valence-electron chi connectivity index (χ1n) is 7.45. The first-order valence-corrected chi connectivity index (χ1v) is 7.45. The summed E-state index contributed by atoms with van der Waals surface area (Å²) in [6.45, 7) is 7.02. The van der Waals surface area contributed by atoms with Crippen LogP contribution in [-0.4, -0.2) is 25.6 Å². The number of halogens is 1. The molecule has 0 bridgehead atoms. The molecule has 0 heterocycles. The molecule has 2 aliphatic carbocycles. The molecule has 2 aliphatic rings. The molecule has 1 aromatic rings. The highest BCUT2D eigenvalue weighted by atomic mass is 127. The van der Waals surface area contributed by atoms with E-state index in [4.69, 9.17) is 4.99 Å². The van der Waals surface area contributed by atoms with Crippen molar-refractivity contribution in [2.75, 3.05) is 19.6 Å². The van der Waals surface area contributed by atoms with Gasteiger partial charge in [0.1, 0.15) is 0 Å². The van der Waals surface area contributed by atoms with Gasteiger partial charge in [0.25, 0.3) is 0 Å². The van der Waals surface area contributed by atoms with Crippen LogP contribution in [0.4, 0.5) is 0 Å². The van der Waals surface area contributed by atoms with Crippen LogP contribution in [0.25, 0.3) is 0 Å². The summed E-state index contributed by atoms with van der Waals surface area (Å²) >= 11 is 0. The smallest absolute Gasteiger partial charge is 0.191 e. The van der Waals surface area contributed by atoms with Crippen LogP contribution in [0.1, 0.15) is 30.9 Å². The van der Waals surface area contributed by atoms with Gasteiger partial charge in [-0.15, -0.1) is 24.0 Å². The topological polar surface area (TPSA) is 36.4 Å². The number of aliphatic imine (C=N–C) groups is 1. The second-order valence-corrected chi connectivity index (χ2v) is 5.51. The van der Waals surface area contributed by atoms with E-state index >= 15 is 0 Å². The summed E-state index contributed by atoms with van der Waals surface area (Å²) in [5.74, 6) is 3.36. The predicted octanol–water partition coefficient (Wildman–Crippen LogP) is 2.77. The Hall–Kier alpha value is -0.780. The second-order valence-electron chi connectivity index (χ2n) is 5.51. The lowest BCUT2D eigenvalue weighted by atomic mass is 10.0. The lowest BCUT2D eigenvalue weighted by Gasteiger charge is -2.10. The van der Waals surface area contributed by atoms with Gasteiger partial charge in [-0.1, -0.05) is 24.3 Å². The third-order valence-electron chi connectivity index (χ3n) is 4.35. The number of benzene rings is 1. The molecule has 3 nitrogen and oxygen atoms in total. The van der Waals surface area contributed by atoms with E-state index in [0.29, 0.717) is 0 Å². The molecule has 110 valence electrons. The zero-order chi connectivity index (χ0) is 13.2. The van der Waals surface area contributed by atoms with Crippen LogP contribution in [0, 0.1) is 11.8 Å². The molecule has 1 saturated carbocycles. The lowest BCUT2D eigenvalue weighted by Crippen LogP contribution is -2.37. The fraction of sp³-hybridized carbons (Fsp3) is 0.562. The summed E-state index contributed by atoms with van der Waals surface area (Å²) in [5, 5.41) is 6.58. The molecule has 1 aromatic carbocycles. The molecule has 20 heavy (non-hydrogen) atoms. The van der Waals surface area contributed by atoms with Gasteiger partial charge in [-0.25, -0.2) is 0 Å². The number of nitrogens with one attached hydrogen (secondary N) is 2. The van der Waals surface area contributed by atoms with Crippen molar-refractivity contribution in [2.24, 2.45) is 16.8 Å². The molecular formula is C16H24IN3. The zero-order valence-corrected chi connectivity index (χ0v) is 14.6. The van der Waals surface area contributed by atoms with Crippen molar-refractivity contribution < 1.29 is 0 Å². The third-order valence-corrected chi connectivity index (χ3v) is 4.35. The summed E-state index contributed by atoms with van der Waals surface area (Å²) < 4.78 is 0. The van der Waals surface area contributed by atoms with Gasteiger partial charge in [0.15, 0.2) is 5.96 Å². The number of hydrogen-bond acceptors (Lipinski definition) is 1. The Morgan fingerprint density at radius 2 is 1.90 bits per heavy atom. The van der Waals surface area contributed by atoms with Crippen molar-refractivity contribution in [1.82, 2.24) is 10.6 Å². The van der Waals surface area contributed by atoms with Crippen molar-refractivity contribution in [1.29, 1.82) is 0 Å². The maximum atomic E-state index is 4.72. The Morgan fingerprint density at radius 3 is 2.60 bits per heavy atom. The molecule has 3 unspecified atom stereocenters. The Kier molecular flexibility index (Phi) is 5.29. The minimum atomic E-state index is 0. The Balaban J connectivity index is 0.00000147. The van der Waals surface area contributed by atoms with Crippen LogP contribution in [0.3, 0.4) is 0 Å². The average Bonchev–Trinajstić information content (AvgIpc) is 2.95. The average molecular weight is 385 g/mol. The highest BCUT2D eigenvalue weighted by Crippen LogP contribution is 2.61. The van der Waals surface area contributed by atoms with E-state index in [1.807, 2.05) is 0 Å². The number of fused-ring (bicyclic) bond motifs is 3. The molecule has 2 N–H and O–H groups in total. The van der Waals surface area contributed by atoms with E-state index in [1.165, 1.54) is 6.42 Å². The van der Waals surface area contributed by atoms with E-state index < -0.39 is 0 Å². The highest BCUT2D eigenvalue weighted by molar-refractivity contribution is 14.0. The van der Waals surface area contributed by atoms with Gasteiger partial charge in [-0.3, -0.25) is 4.99 Å².